The summed E-state index contributed by atoms with van der Waals surface area (Å²) < 4.78 is 0. The normalized spacial score (nSPS) is 12.7. The van der Waals surface area contributed by atoms with Crippen molar-refractivity contribution in [3.8, 4) is 0 Å². The molecule has 0 unspecified atom stereocenters. The van der Waals surface area contributed by atoms with Gasteiger partial charge in [0.05, 0.1) is 0 Å². The van der Waals surface area contributed by atoms with E-state index < -0.39 is 0 Å². The second-order valence-electron chi connectivity index (χ2n) is 3.44. The summed E-state index contributed by atoms with van der Waals surface area (Å²) in [6.07, 6.45) is 0. The summed E-state index contributed by atoms with van der Waals surface area (Å²) >= 11 is 0. The summed E-state index contributed by atoms with van der Waals surface area (Å²) in [6, 6.07) is 0. The zero-order valence-corrected chi connectivity index (χ0v) is 10.2. The Morgan fingerprint density at radius 1 is 0.778 bits per heavy atom. The van der Waals surface area contributed by atoms with Gasteiger partial charge in [-0.15, -0.1) is 0 Å². The molecule has 0 amide bonds. The molecule has 54 valence electrons. The first-order valence-corrected chi connectivity index (χ1v) is 2.83. The summed E-state index contributed by atoms with van der Waals surface area (Å²) in [4.78, 5) is 0. The van der Waals surface area contributed by atoms with Crippen molar-refractivity contribution < 1.29 is 25.8 Å². The molecule has 0 aromatic heterocycles. The van der Waals surface area contributed by atoms with Gasteiger partial charge in [-0.1, -0.05) is 0 Å². The van der Waals surface area contributed by atoms with Gasteiger partial charge in [0.15, 0.2) is 0 Å². The van der Waals surface area contributed by atoms with E-state index in [4.69, 9.17) is 11.5 Å². The molecule has 3 heteroatoms. The molecule has 0 aliphatic rings. The van der Waals surface area contributed by atoms with Crippen LogP contribution in [0.15, 0.2) is 0 Å². The molecule has 0 aromatic carbocycles. The Labute approximate surface area is 76.2 Å². The molecule has 4 N–H and O–H groups in total. The minimum absolute atomic E-state index is 0. The monoisotopic (exact) mass is 296 g/mol. The standard InChI is InChI=1S/C6H16N2.Hf/c1-5(2,7)6(3,4)8;/h7-8H2,1-4H3;. The van der Waals surface area contributed by atoms with Crippen LogP contribution in [0.3, 0.4) is 0 Å². The van der Waals surface area contributed by atoms with Crippen LogP contribution >= 0.6 is 0 Å². The topological polar surface area (TPSA) is 52.0 Å². The predicted octanol–water partition coefficient (Wildman–Crippen LogP) is 0.459. The van der Waals surface area contributed by atoms with Crippen LogP contribution in [-0.2, 0) is 25.8 Å². The minimum atomic E-state index is -0.285. The van der Waals surface area contributed by atoms with Gasteiger partial charge in [-0.25, -0.2) is 0 Å². The Hall–Kier alpha value is 0.790. The van der Waals surface area contributed by atoms with E-state index in [2.05, 4.69) is 0 Å². The van der Waals surface area contributed by atoms with Crippen LogP contribution in [-0.4, -0.2) is 11.1 Å². The van der Waals surface area contributed by atoms with Crippen LogP contribution < -0.4 is 11.5 Å². The maximum absolute atomic E-state index is 5.69. The van der Waals surface area contributed by atoms with Crippen LogP contribution in [0, 0.1) is 0 Å². The van der Waals surface area contributed by atoms with Crippen LogP contribution in [0.5, 0.6) is 0 Å². The molecule has 0 heterocycles. The number of nitrogens with two attached hydrogens (primary N) is 2. The van der Waals surface area contributed by atoms with E-state index in [1.54, 1.807) is 0 Å². The number of rotatable bonds is 1. The van der Waals surface area contributed by atoms with Gasteiger partial charge >= 0.3 is 0 Å². The SMILES string of the molecule is CC(C)(N)C(C)(C)N.[Hf]. The van der Waals surface area contributed by atoms with Gasteiger partial charge in [0.2, 0.25) is 0 Å². The molecule has 0 fully saturated rings. The van der Waals surface area contributed by atoms with E-state index >= 15 is 0 Å². The van der Waals surface area contributed by atoms with Gasteiger partial charge in [-0.05, 0) is 27.7 Å². The predicted molar refractivity (Wildman–Crippen MR) is 36.5 cm³/mol. The van der Waals surface area contributed by atoms with E-state index in [1.165, 1.54) is 0 Å². The molecule has 0 rings (SSSR count). The van der Waals surface area contributed by atoms with Crippen LogP contribution in [0.1, 0.15) is 27.7 Å². The molecule has 9 heavy (non-hydrogen) atoms. The molecule has 0 aromatic rings. The Balaban J connectivity index is 0. The van der Waals surface area contributed by atoms with Crippen molar-refractivity contribution in [1.29, 1.82) is 0 Å². The van der Waals surface area contributed by atoms with Crippen molar-refractivity contribution >= 4 is 0 Å². The van der Waals surface area contributed by atoms with Crippen molar-refractivity contribution in [1.82, 2.24) is 0 Å². The third kappa shape index (κ3) is 4.23. The largest absolute Gasteiger partial charge is 0.324 e. The summed E-state index contributed by atoms with van der Waals surface area (Å²) in [5.41, 5.74) is 10.8. The fraction of sp³-hybridized carbons (Fsp3) is 1.00. The molecule has 0 bridgehead atoms. The van der Waals surface area contributed by atoms with Gasteiger partial charge in [0.25, 0.3) is 0 Å². The number of hydrogen-bond acceptors (Lipinski definition) is 2. The van der Waals surface area contributed by atoms with E-state index in [0.717, 1.165) is 0 Å². The summed E-state index contributed by atoms with van der Waals surface area (Å²) in [5.74, 6) is 0. The van der Waals surface area contributed by atoms with Crippen LogP contribution in [0.2, 0.25) is 0 Å². The summed E-state index contributed by atoms with van der Waals surface area (Å²) in [7, 11) is 0. The quantitative estimate of drug-likeness (QED) is 0.690. The minimum Gasteiger partial charge on any atom is -0.324 e. The van der Waals surface area contributed by atoms with Gasteiger partial charge < -0.3 is 11.5 Å². The smallest absolute Gasteiger partial charge is 0.0274 e. The molecule has 0 spiro atoms. The number of hydrogen-bond donors (Lipinski definition) is 2. The van der Waals surface area contributed by atoms with Crippen molar-refractivity contribution in [2.75, 3.05) is 0 Å². The molecule has 0 saturated carbocycles. The van der Waals surface area contributed by atoms with Crippen molar-refractivity contribution in [3.63, 3.8) is 0 Å². The van der Waals surface area contributed by atoms with Gasteiger partial charge in [-0.3, -0.25) is 0 Å². The average molecular weight is 295 g/mol. The van der Waals surface area contributed by atoms with Gasteiger partial charge in [0.1, 0.15) is 0 Å². The van der Waals surface area contributed by atoms with E-state index in [0.29, 0.717) is 0 Å². The molecular weight excluding hydrogens is 279 g/mol. The third-order valence-corrected chi connectivity index (χ3v) is 1.66. The third-order valence-electron chi connectivity index (χ3n) is 1.66. The van der Waals surface area contributed by atoms with Crippen LogP contribution in [0.25, 0.3) is 0 Å². The fourth-order valence-electron chi connectivity index (χ4n) is 0. The zero-order valence-electron chi connectivity index (χ0n) is 6.65. The molecule has 2 nitrogen and oxygen atoms in total. The molecule has 0 aliphatic heterocycles. The Bertz CT molecular complexity index is 66.0. The zero-order chi connectivity index (χ0) is 7.00. The molecule has 0 saturated heterocycles. The Morgan fingerprint density at radius 2 is 0.889 bits per heavy atom. The molecule has 0 radical (unpaired) electrons. The Kier molecular flexibility index (Phi) is 4.52. The molecule has 0 atom stereocenters. The van der Waals surface area contributed by atoms with E-state index in [-0.39, 0.29) is 36.9 Å². The first kappa shape index (κ1) is 12.5. The van der Waals surface area contributed by atoms with E-state index in [9.17, 15) is 0 Å². The van der Waals surface area contributed by atoms with Crippen LogP contribution in [0.4, 0.5) is 0 Å². The first-order valence-electron chi connectivity index (χ1n) is 2.83. The van der Waals surface area contributed by atoms with Gasteiger partial charge in [0, 0.05) is 36.9 Å². The maximum Gasteiger partial charge on any atom is 0.0274 e. The van der Waals surface area contributed by atoms with Crippen molar-refractivity contribution in [2.24, 2.45) is 11.5 Å². The van der Waals surface area contributed by atoms with Crippen molar-refractivity contribution in [3.05, 3.63) is 0 Å². The van der Waals surface area contributed by atoms with Crippen molar-refractivity contribution in [2.45, 2.75) is 38.8 Å². The van der Waals surface area contributed by atoms with Gasteiger partial charge in [-0.2, -0.15) is 0 Å². The maximum atomic E-state index is 5.69. The molecule has 0 aliphatic carbocycles. The summed E-state index contributed by atoms with van der Waals surface area (Å²) in [6.45, 7) is 7.69. The van der Waals surface area contributed by atoms with E-state index in [1.807, 2.05) is 27.7 Å². The fourth-order valence-corrected chi connectivity index (χ4v) is 0. The second-order valence-corrected chi connectivity index (χ2v) is 3.44. The summed E-state index contributed by atoms with van der Waals surface area (Å²) in [5, 5.41) is 0. The second kappa shape index (κ2) is 3.26. The molecular formula is C6H16HfN2. The average Bonchev–Trinajstić information content (AvgIpc) is 1.25. The Morgan fingerprint density at radius 3 is 0.889 bits per heavy atom. The first-order chi connectivity index (χ1) is 3.25.